The van der Waals surface area contributed by atoms with Crippen LogP contribution in [0.4, 0.5) is 0 Å². The van der Waals surface area contributed by atoms with Gasteiger partial charge in [-0.05, 0) is 48.9 Å². The highest BCUT2D eigenvalue weighted by Gasteiger charge is 2.09. The topological polar surface area (TPSA) is 91.8 Å². The molecule has 24 heavy (non-hydrogen) atoms. The molecule has 0 atom stereocenters. The van der Waals surface area contributed by atoms with E-state index in [2.05, 4.69) is 21.5 Å². The van der Waals surface area contributed by atoms with Gasteiger partial charge in [0.1, 0.15) is 0 Å². The normalized spacial score (nSPS) is 10.2. The predicted molar refractivity (Wildman–Crippen MR) is 86.8 cm³/mol. The van der Waals surface area contributed by atoms with E-state index in [1.807, 2.05) is 12.1 Å². The summed E-state index contributed by atoms with van der Waals surface area (Å²) in [6.45, 7) is 2.15. The fourth-order valence-corrected chi connectivity index (χ4v) is 2.16. The number of rotatable bonds is 4. The van der Waals surface area contributed by atoms with Crippen molar-refractivity contribution in [3.63, 3.8) is 0 Å². The van der Waals surface area contributed by atoms with Gasteiger partial charge in [0.05, 0.1) is 11.6 Å². The Balaban J connectivity index is 1.63. The molecular weight excluding hydrogens is 304 g/mol. The highest BCUT2D eigenvalue weighted by molar-refractivity contribution is 5.94. The first kappa shape index (κ1) is 15.4. The maximum absolute atomic E-state index is 12.2. The van der Waals surface area contributed by atoms with Gasteiger partial charge >= 0.3 is 0 Å². The molecule has 0 saturated carbocycles. The molecule has 1 aromatic heterocycles. The Morgan fingerprint density at radius 2 is 1.88 bits per heavy atom. The standard InChI is InChI=1S/C18H14N4O2/c1-12-21-18(24-22-12)16-8-6-15(7-9-16)17(23)20-11-14-4-2-13(10-19)3-5-14/h2-9H,11H2,1H3,(H,20,23). The summed E-state index contributed by atoms with van der Waals surface area (Å²) < 4.78 is 5.09. The molecule has 2 aromatic carbocycles. The highest BCUT2D eigenvalue weighted by Crippen LogP contribution is 2.17. The Morgan fingerprint density at radius 1 is 1.17 bits per heavy atom. The smallest absolute Gasteiger partial charge is 0.257 e. The summed E-state index contributed by atoms with van der Waals surface area (Å²) in [6, 6.07) is 16.1. The average molecular weight is 318 g/mol. The first-order valence-corrected chi connectivity index (χ1v) is 7.34. The fourth-order valence-electron chi connectivity index (χ4n) is 2.16. The van der Waals surface area contributed by atoms with Gasteiger partial charge in [0.15, 0.2) is 5.82 Å². The monoisotopic (exact) mass is 318 g/mol. The van der Waals surface area contributed by atoms with Crippen LogP contribution >= 0.6 is 0 Å². The molecule has 0 fully saturated rings. The molecule has 0 aliphatic rings. The van der Waals surface area contributed by atoms with Gasteiger partial charge in [-0.15, -0.1) is 0 Å². The van der Waals surface area contributed by atoms with E-state index in [0.717, 1.165) is 11.1 Å². The number of aromatic nitrogens is 2. The summed E-state index contributed by atoms with van der Waals surface area (Å²) in [5, 5.41) is 15.3. The number of amides is 1. The van der Waals surface area contributed by atoms with Crippen LogP contribution in [0.2, 0.25) is 0 Å². The lowest BCUT2D eigenvalue weighted by molar-refractivity contribution is 0.0951. The molecule has 6 nitrogen and oxygen atoms in total. The van der Waals surface area contributed by atoms with Crippen molar-refractivity contribution in [3.8, 4) is 17.5 Å². The Hall–Kier alpha value is -3.46. The van der Waals surface area contributed by atoms with Crippen molar-refractivity contribution in [2.45, 2.75) is 13.5 Å². The van der Waals surface area contributed by atoms with Crippen LogP contribution in [0.1, 0.15) is 27.3 Å². The lowest BCUT2D eigenvalue weighted by atomic mass is 10.1. The molecule has 0 spiro atoms. The zero-order valence-corrected chi connectivity index (χ0v) is 13.0. The number of hydrogen-bond donors (Lipinski definition) is 1. The van der Waals surface area contributed by atoms with Gasteiger partial charge in [-0.1, -0.05) is 17.3 Å². The van der Waals surface area contributed by atoms with Crippen LogP contribution in [-0.2, 0) is 6.54 Å². The molecule has 0 bridgehead atoms. The van der Waals surface area contributed by atoms with Gasteiger partial charge in [0.25, 0.3) is 11.8 Å². The van der Waals surface area contributed by atoms with Crippen molar-refractivity contribution in [1.82, 2.24) is 15.5 Å². The van der Waals surface area contributed by atoms with Crippen molar-refractivity contribution in [1.29, 1.82) is 5.26 Å². The van der Waals surface area contributed by atoms with Crippen molar-refractivity contribution < 1.29 is 9.32 Å². The highest BCUT2D eigenvalue weighted by atomic mass is 16.5. The number of benzene rings is 2. The van der Waals surface area contributed by atoms with Gasteiger partial charge in [-0.2, -0.15) is 10.2 Å². The van der Waals surface area contributed by atoms with E-state index in [0.29, 0.717) is 29.4 Å². The molecule has 3 rings (SSSR count). The second kappa shape index (κ2) is 6.75. The van der Waals surface area contributed by atoms with Crippen molar-refractivity contribution in [2.24, 2.45) is 0 Å². The van der Waals surface area contributed by atoms with Crippen LogP contribution in [0.5, 0.6) is 0 Å². The third-order valence-electron chi connectivity index (χ3n) is 3.46. The molecule has 1 N–H and O–H groups in total. The second-order valence-corrected chi connectivity index (χ2v) is 5.22. The van der Waals surface area contributed by atoms with Gasteiger partial charge in [0, 0.05) is 17.7 Å². The maximum atomic E-state index is 12.2. The summed E-state index contributed by atoms with van der Waals surface area (Å²) in [4.78, 5) is 16.3. The summed E-state index contributed by atoms with van der Waals surface area (Å²) >= 11 is 0. The summed E-state index contributed by atoms with van der Waals surface area (Å²) in [5.74, 6) is 0.818. The minimum atomic E-state index is -0.174. The first-order valence-electron chi connectivity index (χ1n) is 7.34. The number of carbonyl (C=O) groups is 1. The minimum Gasteiger partial charge on any atom is -0.348 e. The molecule has 0 aliphatic heterocycles. The van der Waals surface area contributed by atoms with E-state index >= 15 is 0 Å². The summed E-state index contributed by atoms with van der Waals surface area (Å²) in [7, 11) is 0. The van der Waals surface area contributed by atoms with E-state index in [9.17, 15) is 4.79 Å². The predicted octanol–water partition coefficient (Wildman–Crippen LogP) is 2.85. The lowest BCUT2D eigenvalue weighted by Crippen LogP contribution is -2.22. The molecule has 1 heterocycles. The molecule has 0 saturated heterocycles. The average Bonchev–Trinajstić information content (AvgIpc) is 3.06. The molecule has 0 aliphatic carbocycles. The SMILES string of the molecule is Cc1noc(-c2ccc(C(=O)NCc3ccc(C#N)cc3)cc2)n1. The van der Waals surface area contributed by atoms with Crippen molar-refractivity contribution in [2.75, 3.05) is 0 Å². The first-order chi connectivity index (χ1) is 11.7. The van der Waals surface area contributed by atoms with Crippen LogP contribution in [0.25, 0.3) is 11.5 Å². The maximum Gasteiger partial charge on any atom is 0.257 e. The van der Waals surface area contributed by atoms with E-state index in [-0.39, 0.29) is 5.91 Å². The van der Waals surface area contributed by atoms with E-state index in [1.54, 1.807) is 43.3 Å². The Morgan fingerprint density at radius 3 is 2.46 bits per heavy atom. The van der Waals surface area contributed by atoms with E-state index in [4.69, 9.17) is 9.78 Å². The van der Waals surface area contributed by atoms with Gasteiger partial charge in [-0.25, -0.2) is 0 Å². The van der Waals surface area contributed by atoms with Crippen LogP contribution < -0.4 is 5.32 Å². The van der Waals surface area contributed by atoms with Crippen molar-refractivity contribution >= 4 is 5.91 Å². The quantitative estimate of drug-likeness (QED) is 0.798. The van der Waals surface area contributed by atoms with Crippen molar-refractivity contribution in [3.05, 3.63) is 71.0 Å². The van der Waals surface area contributed by atoms with Gasteiger partial charge in [0.2, 0.25) is 0 Å². The van der Waals surface area contributed by atoms with E-state index < -0.39 is 0 Å². The number of aryl methyl sites for hydroxylation is 1. The Kier molecular flexibility index (Phi) is 4.34. The molecule has 6 heteroatoms. The summed E-state index contributed by atoms with van der Waals surface area (Å²) in [6.07, 6.45) is 0. The zero-order valence-electron chi connectivity index (χ0n) is 13.0. The van der Waals surface area contributed by atoms with Crippen LogP contribution in [0.15, 0.2) is 53.1 Å². The minimum absolute atomic E-state index is 0.174. The van der Waals surface area contributed by atoms with Crippen LogP contribution in [-0.4, -0.2) is 16.0 Å². The number of nitrogens with zero attached hydrogens (tertiary/aromatic N) is 3. The Bertz CT molecular complexity index is 890. The lowest BCUT2D eigenvalue weighted by Gasteiger charge is -2.06. The third kappa shape index (κ3) is 3.47. The molecule has 1 amide bonds. The largest absolute Gasteiger partial charge is 0.348 e. The second-order valence-electron chi connectivity index (χ2n) is 5.22. The van der Waals surface area contributed by atoms with Gasteiger partial charge < -0.3 is 9.84 Å². The molecule has 0 unspecified atom stereocenters. The zero-order chi connectivity index (χ0) is 16.9. The molecular formula is C18H14N4O2. The van der Waals surface area contributed by atoms with E-state index in [1.165, 1.54) is 0 Å². The number of nitriles is 1. The molecule has 118 valence electrons. The number of nitrogens with one attached hydrogen (secondary N) is 1. The fraction of sp³-hybridized carbons (Fsp3) is 0.111. The van der Waals surface area contributed by atoms with Crippen LogP contribution in [0.3, 0.4) is 0 Å². The summed E-state index contributed by atoms with van der Waals surface area (Å²) in [5.41, 5.74) is 2.83. The number of hydrogen-bond acceptors (Lipinski definition) is 5. The number of carbonyl (C=O) groups excluding carboxylic acids is 1. The van der Waals surface area contributed by atoms with Crippen LogP contribution in [0, 0.1) is 18.3 Å². The van der Waals surface area contributed by atoms with Gasteiger partial charge in [-0.3, -0.25) is 4.79 Å². The molecule has 3 aromatic rings. The third-order valence-corrected chi connectivity index (χ3v) is 3.46. The molecule has 0 radical (unpaired) electrons. The Labute approximate surface area is 138 Å².